The fraction of sp³-hybridized carbons (Fsp3) is 0.200. The summed E-state index contributed by atoms with van der Waals surface area (Å²) < 4.78 is 111. The molecule has 0 bridgehead atoms. The van der Waals surface area contributed by atoms with Crippen molar-refractivity contribution in [2.24, 2.45) is 0 Å². The quantitative estimate of drug-likeness (QED) is 0.0803. The van der Waals surface area contributed by atoms with Crippen molar-refractivity contribution in [2.75, 3.05) is 13.3 Å². The summed E-state index contributed by atoms with van der Waals surface area (Å²) in [6.45, 7) is 3.63. The molecule has 14 heteroatoms. The van der Waals surface area contributed by atoms with E-state index in [-0.39, 0.29) is 45.2 Å². The molecule has 44 heavy (non-hydrogen) atoms. The van der Waals surface area contributed by atoms with Crippen molar-refractivity contribution in [3.8, 4) is 0 Å². The molecule has 2 nitrogen and oxygen atoms in total. The van der Waals surface area contributed by atoms with Crippen LogP contribution in [0.1, 0.15) is 0 Å². The van der Waals surface area contributed by atoms with Crippen LogP contribution < -0.4 is 21.2 Å². The first-order chi connectivity index (χ1) is 20.2. The Morgan fingerprint density at radius 1 is 0.409 bits per heavy atom. The maximum absolute atomic E-state index is 12.6. The highest BCUT2D eigenvalue weighted by molar-refractivity contribution is 14.1. The molecule has 0 saturated carbocycles. The molecule has 0 unspecified atom stereocenters. The number of rotatable bonds is 7. The van der Waals surface area contributed by atoms with Gasteiger partial charge in [0.1, 0.15) is 14.3 Å². The summed E-state index contributed by atoms with van der Waals surface area (Å²) in [4.78, 5) is 0. The lowest BCUT2D eigenvalue weighted by Crippen LogP contribution is -2.58. The zero-order valence-corrected chi connectivity index (χ0v) is 29.1. The lowest BCUT2D eigenvalue weighted by Gasteiger charge is -2.31. The Bertz CT molecular complexity index is 1340. The van der Waals surface area contributed by atoms with Crippen molar-refractivity contribution in [1.82, 2.24) is 0 Å². The Balaban J connectivity index is 0.000000231. The number of hydrogen-bond acceptors (Lipinski definition) is 2. The summed E-state index contributed by atoms with van der Waals surface area (Å²) in [6.07, 6.45) is 0. The van der Waals surface area contributed by atoms with Crippen molar-refractivity contribution in [3.63, 3.8) is 0 Å². The van der Waals surface area contributed by atoms with Gasteiger partial charge in [-0.2, -0.15) is 35.1 Å². The van der Waals surface area contributed by atoms with Gasteiger partial charge in [0.25, 0.3) is 0 Å². The van der Waals surface area contributed by atoms with Crippen LogP contribution in [0, 0.1) is 0 Å². The van der Waals surface area contributed by atoms with Gasteiger partial charge in [-0.05, 0) is 13.3 Å². The summed E-state index contributed by atoms with van der Waals surface area (Å²) in [6, 6.07) is 38.6. The van der Waals surface area contributed by atoms with Crippen LogP contribution in [-0.4, -0.2) is 33.0 Å². The van der Waals surface area contributed by atoms with Crippen LogP contribution in [0.4, 0.5) is 35.1 Å². The second kappa shape index (κ2) is 15.2. The Kier molecular flexibility index (Phi) is 13.3. The zero-order chi connectivity index (χ0) is 33.5. The van der Waals surface area contributed by atoms with Gasteiger partial charge < -0.3 is 9.13 Å². The molecule has 0 aromatic heterocycles. The fourth-order valence-corrected chi connectivity index (χ4v) is 7.74. The van der Waals surface area contributed by atoms with Crippen molar-refractivity contribution in [3.05, 3.63) is 121 Å². The van der Waals surface area contributed by atoms with Gasteiger partial charge >= 0.3 is 19.7 Å². The van der Waals surface area contributed by atoms with E-state index in [0.29, 0.717) is 0 Å². The normalized spacial score (nSPS) is 12.7. The minimum absolute atomic E-state index is 0.315. The van der Waals surface area contributed by atoms with Crippen LogP contribution in [0.3, 0.4) is 0 Å². The predicted molar refractivity (Wildman–Crippen MR) is 179 cm³/mol. The third-order valence-corrected chi connectivity index (χ3v) is 12.6. The van der Waals surface area contributed by atoms with Gasteiger partial charge in [0.05, 0.1) is 0 Å². The maximum atomic E-state index is 12.6. The molecule has 4 aromatic carbocycles. The van der Waals surface area contributed by atoms with Gasteiger partial charge in [-0.3, -0.25) is 0 Å². The summed E-state index contributed by atoms with van der Waals surface area (Å²) in [5.41, 5.74) is 0. The molecule has 0 spiro atoms. The largest absolute Gasteiger partial charge is 0.388 e. The second-order valence-corrected chi connectivity index (χ2v) is 17.8. The highest BCUT2D eigenvalue weighted by Gasteiger charge is 2.79. The molecular formula is C30H26F8I2O2P2. The van der Waals surface area contributed by atoms with Crippen molar-refractivity contribution >= 4 is 80.7 Å². The lowest BCUT2D eigenvalue weighted by atomic mass is 10.2. The van der Waals surface area contributed by atoms with Crippen LogP contribution in [-0.2, 0) is 9.13 Å². The highest BCUT2D eigenvalue weighted by Crippen LogP contribution is 2.56. The summed E-state index contributed by atoms with van der Waals surface area (Å²) >= 11 is -0.631. The molecule has 0 aliphatic rings. The van der Waals surface area contributed by atoms with Crippen molar-refractivity contribution in [1.29, 1.82) is 0 Å². The van der Waals surface area contributed by atoms with E-state index in [1.165, 1.54) is 0 Å². The average Bonchev–Trinajstić information content (AvgIpc) is 2.98. The minimum Gasteiger partial charge on any atom is -0.314 e. The SMILES string of the molecule is CP(=O)(c1ccccc1)c1ccccc1.CP(=O)(c1ccccc1)c1ccccc1.FC(F)(I)C(F)(F)C(F)(F)C(F)(F)I. The van der Waals surface area contributed by atoms with E-state index in [9.17, 15) is 44.3 Å². The van der Waals surface area contributed by atoms with E-state index < -0.39 is 34.0 Å². The molecule has 0 saturated heterocycles. The summed E-state index contributed by atoms with van der Waals surface area (Å²) in [5, 5.41) is 3.65. The number of benzene rings is 4. The van der Waals surface area contributed by atoms with Gasteiger partial charge in [0, 0.05) is 66.4 Å². The first-order valence-corrected chi connectivity index (χ1v) is 18.9. The third kappa shape index (κ3) is 9.39. The molecule has 0 aliphatic heterocycles. The van der Waals surface area contributed by atoms with Gasteiger partial charge in [-0.1, -0.05) is 121 Å². The average molecular weight is 886 g/mol. The summed E-state index contributed by atoms with van der Waals surface area (Å²) in [7, 11) is -4.79. The second-order valence-electron chi connectivity index (χ2n) is 9.33. The molecule has 0 fully saturated rings. The molecule has 0 atom stereocenters. The zero-order valence-electron chi connectivity index (χ0n) is 23.0. The van der Waals surface area contributed by atoms with Crippen molar-refractivity contribution < 1.29 is 44.3 Å². The molecule has 4 rings (SSSR count). The van der Waals surface area contributed by atoms with E-state index in [2.05, 4.69) is 0 Å². The number of halogens is 10. The van der Waals surface area contributed by atoms with Crippen LogP contribution in [0.2, 0.25) is 0 Å². The lowest BCUT2D eigenvalue weighted by molar-refractivity contribution is -0.312. The Morgan fingerprint density at radius 3 is 0.705 bits per heavy atom. The predicted octanol–water partition coefficient (Wildman–Crippen LogP) is 9.57. The molecular weight excluding hydrogens is 860 g/mol. The Labute approximate surface area is 277 Å². The van der Waals surface area contributed by atoms with Crippen LogP contribution in [0.5, 0.6) is 0 Å². The monoisotopic (exact) mass is 886 g/mol. The van der Waals surface area contributed by atoms with Crippen LogP contribution in [0.25, 0.3) is 0 Å². The third-order valence-electron chi connectivity index (χ3n) is 6.10. The first kappa shape index (κ1) is 38.4. The molecule has 0 radical (unpaired) electrons. The van der Waals surface area contributed by atoms with Gasteiger partial charge in [-0.15, -0.1) is 0 Å². The molecule has 238 valence electrons. The van der Waals surface area contributed by atoms with E-state index in [1.807, 2.05) is 135 Å². The van der Waals surface area contributed by atoms with E-state index in [4.69, 9.17) is 0 Å². The molecule has 4 aromatic rings. The standard InChI is InChI=1S/2C13H13OP.C4F8I2/c2*1-15(14,12-8-4-2-5-9-12)13-10-6-3-7-11-13;5-1(6,3(9,10)13)2(7,8)4(11,12)14/h2*2-11H,1H3;. The van der Waals surface area contributed by atoms with Crippen LogP contribution >= 0.6 is 59.5 Å². The molecule has 0 heterocycles. The minimum atomic E-state index is -6.12. The topological polar surface area (TPSA) is 34.1 Å². The molecule has 0 aliphatic carbocycles. The fourth-order valence-electron chi connectivity index (χ4n) is 3.50. The van der Waals surface area contributed by atoms with Gasteiger partial charge in [0.15, 0.2) is 0 Å². The first-order valence-electron chi connectivity index (χ1n) is 12.4. The van der Waals surface area contributed by atoms with Gasteiger partial charge in [-0.25, -0.2) is 0 Å². The molecule has 0 amide bonds. The number of hydrogen-bond donors (Lipinski definition) is 0. The van der Waals surface area contributed by atoms with E-state index >= 15 is 0 Å². The summed E-state index contributed by atoms with van der Waals surface area (Å²) in [5.74, 6) is -12.2. The number of alkyl halides is 10. The smallest absolute Gasteiger partial charge is 0.314 e. The Hall–Kier alpha value is -1.76. The van der Waals surface area contributed by atoms with Gasteiger partial charge in [0.2, 0.25) is 0 Å². The van der Waals surface area contributed by atoms with Crippen LogP contribution in [0.15, 0.2) is 121 Å². The maximum Gasteiger partial charge on any atom is 0.388 e. The van der Waals surface area contributed by atoms with E-state index in [1.54, 1.807) is 0 Å². The Morgan fingerprint density at radius 2 is 0.568 bits per heavy atom. The highest BCUT2D eigenvalue weighted by atomic mass is 127. The van der Waals surface area contributed by atoms with E-state index in [0.717, 1.165) is 21.2 Å². The molecule has 0 N–H and O–H groups in total. The van der Waals surface area contributed by atoms with Crippen molar-refractivity contribution in [2.45, 2.75) is 19.7 Å².